The molecule has 0 saturated heterocycles. The summed E-state index contributed by atoms with van der Waals surface area (Å²) in [4.78, 5) is 24.3. The molecule has 0 aliphatic heterocycles. The average molecular weight is 432 g/mol. The minimum absolute atomic E-state index is 0.164. The SMILES string of the molecule is COc1ccc(F)c(-c2ccc(C(=O)Oc3cccc([C@@H](CC(C)=O)C4CC4)c3)cc2)c1. The van der Waals surface area contributed by atoms with Crippen molar-refractivity contribution in [3.63, 3.8) is 0 Å². The minimum atomic E-state index is -0.491. The van der Waals surface area contributed by atoms with Crippen LogP contribution in [0.15, 0.2) is 66.7 Å². The van der Waals surface area contributed by atoms with Crippen LogP contribution in [-0.2, 0) is 4.79 Å². The predicted molar refractivity (Wildman–Crippen MR) is 121 cm³/mol. The Morgan fingerprint density at radius 2 is 1.75 bits per heavy atom. The lowest BCUT2D eigenvalue weighted by Gasteiger charge is -2.16. The monoisotopic (exact) mass is 432 g/mol. The number of benzene rings is 3. The fourth-order valence-electron chi connectivity index (χ4n) is 3.98. The number of hydrogen-bond acceptors (Lipinski definition) is 4. The van der Waals surface area contributed by atoms with E-state index < -0.39 is 5.97 Å². The number of carbonyl (C=O) groups is 2. The molecule has 1 aliphatic carbocycles. The second-order valence-electron chi connectivity index (χ2n) is 8.24. The first kappa shape index (κ1) is 21.8. The van der Waals surface area contributed by atoms with Gasteiger partial charge in [-0.3, -0.25) is 0 Å². The molecule has 164 valence electrons. The van der Waals surface area contributed by atoms with Crippen LogP contribution in [0.4, 0.5) is 4.39 Å². The van der Waals surface area contributed by atoms with Gasteiger partial charge in [0.05, 0.1) is 12.7 Å². The van der Waals surface area contributed by atoms with E-state index in [1.54, 1.807) is 49.4 Å². The van der Waals surface area contributed by atoms with Crippen LogP contribution in [0, 0.1) is 11.7 Å². The highest BCUT2D eigenvalue weighted by molar-refractivity contribution is 5.91. The highest BCUT2D eigenvalue weighted by Gasteiger charge is 2.33. The molecule has 0 N–H and O–H groups in total. The van der Waals surface area contributed by atoms with Gasteiger partial charge in [0.15, 0.2) is 0 Å². The van der Waals surface area contributed by atoms with Crippen LogP contribution in [0.1, 0.15) is 48.0 Å². The number of hydrogen-bond donors (Lipinski definition) is 0. The highest BCUT2D eigenvalue weighted by Crippen LogP contribution is 2.45. The third kappa shape index (κ3) is 5.05. The molecular weight excluding hydrogens is 407 g/mol. The minimum Gasteiger partial charge on any atom is -0.497 e. The number of methoxy groups -OCH3 is 1. The molecule has 1 saturated carbocycles. The molecule has 0 radical (unpaired) electrons. The molecule has 32 heavy (non-hydrogen) atoms. The van der Waals surface area contributed by atoms with Gasteiger partial charge in [-0.15, -0.1) is 0 Å². The molecule has 4 nitrogen and oxygen atoms in total. The Bertz CT molecular complexity index is 1130. The van der Waals surface area contributed by atoms with Gasteiger partial charge in [-0.05, 0) is 85.2 Å². The zero-order chi connectivity index (χ0) is 22.7. The number of esters is 1. The normalized spacial score (nSPS) is 14.0. The lowest BCUT2D eigenvalue weighted by Crippen LogP contribution is -2.10. The highest BCUT2D eigenvalue weighted by atomic mass is 19.1. The summed E-state index contributed by atoms with van der Waals surface area (Å²) in [6, 6.07) is 18.5. The molecular formula is C27H25FO4. The molecule has 1 atom stereocenters. The zero-order valence-electron chi connectivity index (χ0n) is 18.1. The number of ketones is 1. The molecule has 0 bridgehead atoms. The van der Waals surface area contributed by atoms with Gasteiger partial charge in [0.1, 0.15) is 23.1 Å². The molecule has 0 spiro atoms. The molecule has 0 heterocycles. The van der Waals surface area contributed by atoms with Crippen molar-refractivity contribution in [3.8, 4) is 22.6 Å². The summed E-state index contributed by atoms with van der Waals surface area (Å²) < 4.78 is 25.0. The maximum atomic E-state index is 14.2. The second kappa shape index (κ2) is 9.35. The van der Waals surface area contributed by atoms with Crippen LogP contribution in [0.3, 0.4) is 0 Å². The molecule has 4 rings (SSSR count). The van der Waals surface area contributed by atoms with E-state index in [1.165, 1.54) is 13.2 Å². The molecule has 1 fully saturated rings. The zero-order valence-corrected chi connectivity index (χ0v) is 18.1. The maximum absolute atomic E-state index is 14.2. The summed E-state index contributed by atoms with van der Waals surface area (Å²) in [5.74, 6) is 1.00. The summed E-state index contributed by atoms with van der Waals surface area (Å²) >= 11 is 0. The maximum Gasteiger partial charge on any atom is 0.343 e. The van der Waals surface area contributed by atoms with Crippen LogP contribution in [0.2, 0.25) is 0 Å². The summed E-state index contributed by atoms with van der Waals surface area (Å²) in [5, 5.41) is 0. The van der Waals surface area contributed by atoms with Gasteiger partial charge < -0.3 is 14.3 Å². The van der Waals surface area contributed by atoms with E-state index in [2.05, 4.69) is 0 Å². The Morgan fingerprint density at radius 3 is 2.41 bits per heavy atom. The number of Topliss-reactive ketones (excluding diaryl/α,β-unsaturated/α-hetero) is 1. The number of ether oxygens (including phenoxy) is 2. The summed E-state index contributed by atoms with van der Waals surface area (Å²) in [7, 11) is 1.53. The smallest absolute Gasteiger partial charge is 0.343 e. The molecule has 1 aliphatic rings. The first-order chi connectivity index (χ1) is 15.4. The Labute approximate surface area is 187 Å². The van der Waals surface area contributed by atoms with Gasteiger partial charge in [0.2, 0.25) is 0 Å². The van der Waals surface area contributed by atoms with Gasteiger partial charge in [0.25, 0.3) is 0 Å². The van der Waals surface area contributed by atoms with Crippen molar-refractivity contribution in [2.24, 2.45) is 5.92 Å². The van der Waals surface area contributed by atoms with Crippen molar-refractivity contribution in [1.29, 1.82) is 0 Å². The Balaban J connectivity index is 1.49. The van der Waals surface area contributed by atoms with Crippen molar-refractivity contribution in [1.82, 2.24) is 0 Å². The number of rotatable bonds is 8. The van der Waals surface area contributed by atoms with Crippen LogP contribution in [-0.4, -0.2) is 18.9 Å². The summed E-state index contributed by atoms with van der Waals surface area (Å²) in [6.07, 6.45) is 2.76. The Kier molecular flexibility index (Phi) is 6.35. The number of carbonyl (C=O) groups excluding carboxylic acids is 2. The van der Waals surface area contributed by atoms with Crippen LogP contribution >= 0.6 is 0 Å². The first-order valence-electron chi connectivity index (χ1n) is 10.7. The predicted octanol–water partition coefficient (Wildman–Crippen LogP) is 6.19. The van der Waals surface area contributed by atoms with Crippen molar-refractivity contribution in [2.75, 3.05) is 7.11 Å². The number of halogens is 1. The molecule has 0 unspecified atom stereocenters. The molecule has 3 aromatic rings. The topological polar surface area (TPSA) is 52.6 Å². The fourth-order valence-corrected chi connectivity index (χ4v) is 3.98. The Morgan fingerprint density at radius 1 is 1.00 bits per heavy atom. The lowest BCUT2D eigenvalue weighted by molar-refractivity contribution is -0.117. The van der Waals surface area contributed by atoms with Gasteiger partial charge in [-0.2, -0.15) is 0 Å². The molecule has 0 aromatic heterocycles. The van der Waals surface area contributed by atoms with Crippen LogP contribution in [0.5, 0.6) is 11.5 Å². The summed E-state index contributed by atoms with van der Waals surface area (Å²) in [5.41, 5.74) is 2.42. The van der Waals surface area contributed by atoms with Gasteiger partial charge in [-0.25, -0.2) is 9.18 Å². The third-order valence-electron chi connectivity index (χ3n) is 5.80. The fraction of sp³-hybridized carbons (Fsp3) is 0.259. The van der Waals surface area contributed by atoms with Gasteiger partial charge >= 0.3 is 5.97 Å². The van der Waals surface area contributed by atoms with Gasteiger partial charge in [0, 0.05) is 12.0 Å². The van der Waals surface area contributed by atoms with E-state index in [0.717, 1.165) is 18.4 Å². The van der Waals surface area contributed by atoms with E-state index in [0.29, 0.717) is 40.5 Å². The van der Waals surface area contributed by atoms with E-state index in [9.17, 15) is 14.0 Å². The lowest BCUT2D eigenvalue weighted by atomic mass is 9.89. The standard InChI is InChI=1S/C27H25FO4/c1-17(29)14-24(18-6-7-18)21-4-3-5-23(15-21)32-27(30)20-10-8-19(9-11-20)25-16-22(31-2)12-13-26(25)28/h3-5,8-13,15-16,18,24H,6-7,14H2,1-2H3/t24-/m0/s1. The van der Waals surface area contributed by atoms with Crippen LogP contribution < -0.4 is 9.47 Å². The third-order valence-corrected chi connectivity index (χ3v) is 5.80. The first-order valence-corrected chi connectivity index (χ1v) is 10.7. The van der Waals surface area contributed by atoms with Crippen molar-refractivity contribution < 1.29 is 23.5 Å². The van der Waals surface area contributed by atoms with Crippen molar-refractivity contribution in [2.45, 2.75) is 32.1 Å². The average Bonchev–Trinajstić information content (AvgIpc) is 3.63. The molecule has 0 amide bonds. The largest absolute Gasteiger partial charge is 0.497 e. The quantitative estimate of drug-likeness (QED) is 0.314. The second-order valence-corrected chi connectivity index (χ2v) is 8.24. The van der Waals surface area contributed by atoms with E-state index in [4.69, 9.17) is 9.47 Å². The van der Waals surface area contributed by atoms with E-state index in [-0.39, 0.29) is 17.5 Å². The van der Waals surface area contributed by atoms with Crippen LogP contribution in [0.25, 0.3) is 11.1 Å². The van der Waals surface area contributed by atoms with E-state index in [1.807, 2.05) is 18.2 Å². The van der Waals surface area contributed by atoms with Gasteiger partial charge in [-0.1, -0.05) is 24.3 Å². The Hall–Kier alpha value is -3.47. The summed E-state index contributed by atoms with van der Waals surface area (Å²) in [6.45, 7) is 1.61. The van der Waals surface area contributed by atoms with Crippen molar-refractivity contribution >= 4 is 11.8 Å². The van der Waals surface area contributed by atoms with E-state index >= 15 is 0 Å². The molecule has 5 heteroatoms. The molecule has 3 aromatic carbocycles. The van der Waals surface area contributed by atoms with Crippen molar-refractivity contribution in [3.05, 3.63) is 83.7 Å².